The smallest absolute Gasteiger partial charge is 0.410 e. The minimum Gasteiger partial charge on any atom is -0.453 e. The van der Waals surface area contributed by atoms with Crippen LogP contribution in [0.15, 0.2) is 65.7 Å². The molecule has 156 valence electrons. The number of ether oxygens (including phenoxy) is 1. The maximum atomic E-state index is 13.4. The second-order valence-electron chi connectivity index (χ2n) is 7.19. The first-order valence-corrected chi connectivity index (χ1v) is 10.2. The number of benzene rings is 2. The molecule has 2 aromatic carbocycles. The second kappa shape index (κ2) is 10.0. The molecule has 2 rings (SSSR count). The Balaban J connectivity index is 2.34. The van der Waals surface area contributed by atoms with Gasteiger partial charge in [-0.05, 0) is 55.7 Å². The zero-order valence-electron chi connectivity index (χ0n) is 16.9. The van der Waals surface area contributed by atoms with Crippen molar-refractivity contribution < 1.29 is 19.0 Å². The lowest BCUT2D eigenvalue weighted by Crippen LogP contribution is -2.44. The van der Waals surface area contributed by atoms with Gasteiger partial charge in [0.05, 0.1) is 18.8 Å². The molecule has 0 aliphatic rings. The molecule has 0 saturated heterocycles. The third-order valence-corrected chi connectivity index (χ3v) is 5.66. The van der Waals surface area contributed by atoms with E-state index in [1.165, 1.54) is 19.2 Å². The lowest BCUT2D eigenvalue weighted by atomic mass is 9.84. The van der Waals surface area contributed by atoms with Crippen LogP contribution in [-0.4, -0.2) is 29.3 Å². The molecule has 2 aromatic rings. The first-order chi connectivity index (χ1) is 13.7. The quantitative estimate of drug-likeness (QED) is 0.491. The fourth-order valence-electron chi connectivity index (χ4n) is 3.63. The first-order valence-electron chi connectivity index (χ1n) is 9.43. The van der Waals surface area contributed by atoms with Crippen LogP contribution in [-0.2, 0) is 10.3 Å². The monoisotopic (exact) mass is 463 g/mol. The van der Waals surface area contributed by atoms with E-state index in [9.17, 15) is 14.3 Å². The summed E-state index contributed by atoms with van der Waals surface area (Å²) >= 11 is 3.42. The Bertz CT molecular complexity index is 825. The summed E-state index contributed by atoms with van der Waals surface area (Å²) in [6.45, 7) is 7.52. The molecule has 0 spiro atoms. The molecule has 0 aromatic heterocycles. The average molecular weight is 464 g/mol. The van der Waals surface area contributed by atoms with Crippen LogP contribution in [0, 0.1) is 5.82 Å². The Kier molecular flexibility index (Phi) is 7.99. The number of rotatable bonds is 8. The molecule has 0 radical (unpaired) electrons. The van der Waals surface area contributed by atoms with Gasteiger partial charge in [-0.3, -0.25) is 4.90 Å². The van der Waals surface area contributed by atoms with Crippen molar-refractivity contribution in [2.24, 2.45) is 0 Å². The summed E-state index contributed by atoms with van der Waals surface area (Å²) in [5.74, 6) is -0.372. The maximum Gasteiger partial charge on any atom is 0.410 e. The summed E-state index contributed by atoms with van der Waals surface area (Å²) in [6, 6.07) is 12.8. The predicted molar refractivity (Wildman–Crippen MR) is 116 cm³/mol. The van der Waals surface area contributed by atoms with E-state index in [0.29, 0.717) is 5.56 Å². The Morgan fingerprint density at radius 1 is 1.24 bits per heavy atom. The summed E-state index contributed by atoms with van der Waals surface area (Å²) in [5.41, 5.74) is 0.229. The van der Waals surface area contributed by atoms with Crippen molar-refractivity contribution in [1.29, 1.82) is 0 Å². The molecule has 3 atom stereocenters. The third-order valence-electron chi connectivity index (χ3n) is 5.13. The van der Waals surface area contributed by atoms with Gasteiger partial charge >= 0.3 is 6.09 Å². The number of nitrogens with zero attached hydrogens (tertiary/aromatic N) is 1. The number of carbonyl (C=O) groups excluding carboxylic acids is 1. The Labute approximate surface area is 180 Å². The number of hydrogen-bond donors (Lipinski definition) is 1. The van der Waals surface area contributed by atoms with Gasteiger partial charge in [-0.15, -0.1) is 6.58 Å². The molecule has 2 unspecified atom stereocenters. The van der Waals surface area contributed by atoms with E-state index < -0.39 is 11.7 Å². The van der Waals surface area contributed by atoms with Crippen molar-refractivity contribution in [2.45, 2.75) is 44.4 Å². The van der Waals surface area contributed by atoms with E-state index in [-0.39, 0.29) is 30.7 Å². The van der Waals surface area contributed by atoms with E-state index in [1.54, 1.807) is 23.1 Å². The highest BCUT2D eigenvalue weighted by Crippen LogP contribution is 2.35. The minimum absolute atomic E-state index is 0.237. The van der Waals surface area contributed by atoms with Crippen molar-refractivity contribution >= 4 is 22.0 Å². The lowest BCUT2D eigenvalue weighted by Gasteiger charge is -2.38. The summed E-state index contributed by atoms with van der Waals surface area (Å²) in [5, 5.41) is 11.4. The summed E-state index contributed by atoms with van der Waals surface area (Å²) < 4.78 is 19.3. The lowest BCUT2D eigenvalue weighted by molar-refractivity contribution is -0.00256. The number of hydrogen-bond acceptors (Lipinski definition) is 3. The fourth-order valence-corrected chi connectivity index (χ4v) is 3.90. The molecule has 0 saturated carbocycles. The van der Waals surface area contributed by atoms with E-state index in [2.05, 4.69) is 22.5 Å². The highest BCUT2D eigenvalue weighted by molar-refractivity contribution is 9.10. The largest absolute Gasteiger partial charge is 0.453 e. The minimum atomic E-state index is -1.29. The van der Waals surface area contributed by atoms with Gasteiger partial charge in [0.2, 0.25) is 0 Å². The van der Waals surface area contributed by atoms with Crippen LogP contribution in [0.5, 0.6) is 0 Å². The van der Waals surface area contributed by atoms with E-state index >= 15 is 0 Å². The van der Waals surface area contributed by atoms with Crippen LogP contribution >= 0.6 is 15.9 Å². The Morgan fingerprint density at radius 3 is 2.34 bits per heavy atom. The van der Waals surface area contributed by atoms with E-state index in [0.717, 1.165) is 10.0 Å². The molecular weight excluding hydrogens is 437 g/mol. The van der Waals surface area contributed by atoms with Crippen LogP contribution < -0.4 is 0 Å². The summed E-state index contributed by atoms with van der Waals surface area (Å²) in [7, 11) is 1.34. The Hall–Kier alpha value is -2.18. The fraction of sp³-hybridized carbons (Fsp3) is 0.348. The predicted octanol–water partition coefficient (Wildman–Crippen LogP) is 5.96. The van der Waals surface area contributed by atoms with Gasteiger partial charge in [-0.2, -0.15) is 0 Å². The second-order valence-corrected chi connectivity index (χ2v) is 8.10. The van der Waals surface area contributed by atoms with Gasteiger partial charge < -0.3 is 9.84 Å². The normalized spacial score (nSPS) is 15.1. The van der Waals surface area contributed by atoms with Crippen molar-refractivity contribution in [3.8, 4) is 0 Å². The molecule has 0 aliphatic heterocycles. The molecule has 6 heteroatoms. The van der Waals surface area contributed by atoms with Crippen LogP contribution in [0.3, 0.4) is 0 Å². The molecule has 1 amide bonds. The van der Waals surface area contributed by atoms with Crippen LogP contribution in [0.1, 0.15) is 43.9 Å². The van der Waals surface area contributed by atoms with Crippen LogP contribution in [0.2, 0.25) is 0 Å². The van der Waals surface area contributed by atoms with Gasteiger partial charge in [-0.1, -0.05) is 46.3 Å². The highest BCUT2D eigenvalue weighted by atomic mass is 79.9. The molecule has 29 heavy (non-hydrogen) atoms. The average Bonchev–Trinajstić information content (AvgIpc) is 2.68. The number of methoxy groups -OCH3 is 1. The molecule has 0 fully saturated rings. The number of halogens is 2. The van der Waals surface area contributed by atoms with E-state index in [1.807, 2.05) is 38.1 Å². The number of amides is 1. The van der Waals surface area contributed by atoms with Gasteiger partial charge in [0.25, 0.3) is 0 Å². The number of aliphatic hydroxyl groups is 1. The third kappa shape index (κ3) is 5.67. The molecule has 1 N–H and O–H groups in total. The standard InChI is InChI=1S/C23H27BrFNO3/c1-5-14-23(28,19-8-12-21(25)13-9-19)15-16(2)26(22(27)29-4)17(3)18-6-10-20(24)11-7-18/h5-13,16-17,28H,1,14-15H2,2-4H3/t16?,17?,23-/m0/s1. The van der Waals surface area contributed by atoms with E-state index in [4.69, 9.17) is 4.74 Å². The number of carbonyl (C=O) groups is 1. The molecule has 4 nitrogen and oxygen atoms in total. The molecule has 0 aliphatic carbocycles. The topological polar surface area (TPSA) is 49.8 Å². The molecular formula is C23H27BrFNO3. The highest BCUT2D eigenvalue weighted by Gasteiger charge is 2.36. The summed E-state index contributed by atoms with van der Waals surface area (Å²) in [6.07, 6.45) is 1.65. The molecule has 0 heterocycles. The zero-order valence-corrected chi connectivity index (χ0v) is 18.5. The Morgan fingerprint density at radius 2 is 1.83 bits per heavy atom. The maximum absolute atomic E-state index is 13.4. The summed E-state index contributed by atoms with van der Waals surface area (Å²) in [4.78, 5) is 14.2. The first kappa shape index (κ1) is 23.1. The zero-order chi connectivity index (χ0) is 21.6. The van der Waals surface area contributed by atoms with Gasteiger partial charge in [-0.25, -0.2) is 9.18 Å². The van der Waals surface area contributed by atoms with Crippen molar-refractivity contribution in [3.05, 3.63) is 82.6 Å². The molecule has 0 bridgehead atoms. The van der Waals surface area contributed by atoms with Crippen LogP contribution in [0.4, 0.5) is 9.18 Å². The van der Waals surface area contributed by atoms with Crippen LogP contribution in [0.25, 0.3) is 0 Å². The van der Waals surface area contributed by atoms with Crippen molar-refractivity contribution in [3.63, 3.8) is 0 Å². The van der Waals surface area contributed by atoms with Crippen molar-refractivity contribution in [1.82, 2.24) is 4.90 Å². The van der Waals surface area contributed by atoms with Gasteiger partial charge in [0, 0.05) is 16.9 Å². The van der Waals surface area contributed by atoms with Gasteiger partial charge in [0.15, 0.2) is 0 Å². The SMILES string of the molecule is C=CC[C@](O)(CC(C)N(C(=O)OC)C(C)c1ccc(Br)cc1)c1ccc(F)cc1. The van der Waals surface area contributed by atoms with Crippen molar-refractivity contribution in [2.75, 3.05) is 7.11 Å². The van der Waals surface area contributed by atoms with Gasteiger partial charge in [0.1, 0.15) is 5.82 Å².